The van der Waals surface area contributed by atoms with Crippen LogP contribution >= 0.6 is 0 Å². The Balaban J connectivity index is 1.95. The van der Waals surface area contributed by atoms with Crippen LogP contribution in [-0.4, -0.2) is 21.9 Å². The summed E-state index contributed by atoms with van der Waals surface area (Å²) in [5.41, 5.74) is 9.54. The Morgan fingerprint density at radius 1 is 1.37 bits per heavy atom. The van der Waals surface area contributed by atoms with Crippen LogP contribution in [-0.2, 0) is 6.42 Å². The average Bonchev–Trinajstić information content (AvgIpc) is 2.83. The Morgan fingerprint density at radius 2 is 2.11 bits per heavy atom. The molecular weight excluding hydrogens is 246 g/mol. The summed E-state index contributed by atoms with van der Waals surface area (Å²) in [7, 11) is 0. The van der Waals surface area contributed by atoms with Gasteiger partial charge < -0.3 is 5.73 Å². The van der Waals surface area contributed by atoms with Gasteiger partial charge in [-0.25, -0.2) is 10.1 Å². The lowest BCUT2D eigenvalue weighted by Crippen LogP contribution is -2.21. The molecule has 0 unspecified atom stereocenters. The second-order valence-electron chi connectivity index (χ2n) is 3.95. The molecule has 1 aromatic heterocycles. The van der Waals surface area contributed by atoms with Gasteiger partial charge in [0, 0.05) is 12.1 Å². The summed E-state index contributed by atoms with van der Waals surface area (Å²) in [5.74, 6) is -0.612. The van der Waals surface area contributed by atoms with Gasteiger partial charge in [0.1, 0.15) is 0 Å². The van der Waals surface area contributed by atoms with E-state index in [4.69, 9.17) is 5.73 Å². The smallest absolute Gasteiger partial charge is 0.297 e. The van der Waals surface area contributed by atoms with E-state index in [2.05, 4.69) is 25.5 Å². The van der Waals surface area contributed by atoms with E-state index in [1.165, 1.54) is 0 Å². The van der Waals surface area contributed by atoms with E-state index < -0.39 is 5.91 Å². The molecule has 0 radical (unpaired) electrons. The van der Waals surface area contributed by atoms with Crippen molar-refractivity contribution in [2.24, 2.45) is 5.10 Å². The van der Waals surface area contributed by atoms with Gasteiger partial charge in [-0.15, -0.1) is 0 Å². The summed E-state index contributed by atoms with van der Waals surface area (Å²) in [5, 5.41) is 10.7. The second-order valence-corrected chi connectivity index (χ2v) is 3.95. The van der Waals surface area contributed by atoms with E-state index >= 15 is 0 Å². The minimum atomic E-state index is -0.550. The van der Waals surface area contributed by atoms with Crippen LogP contribution in [0.3, 0.4) is 0 Å². The SMILES string of the molecule is C/C(Cc1ccccc1)=N\NC(=O)c1nonc1N. The van der Waals surface area contributed by atoms with Crippen LogP contribution in [0.4, 0.5) is 5.82 Å². The number of benzene rings is 1. The van der Waals surface area contributed by atoms with E-state index in [1.807, 2.05) is 37.3 Å². The number of amides is 1. The van der Waals surface area contributed by atoms with E-state index in [0.717, 1.165) is 11.3 Å². The zero-order valence-corrected chi connectivity index (χ0v) is 10.3. The van der Waals surface area contributed by atoms with Crippen LogP contribution in [0, 0.1) is 0 Å². The number of nitrogen functional groups attached to an aromatic ring is 1. The predicted molar refractivity (Wildman–Crippen MR) is 69.4 cm³/mol. The van der Waals surface area contributed by atoms with Gasteiger partial charge in [0.05, 0.1) is 0 Å². The molecule has 0 saturated heterocycles. The molecule has 0 spiro atoms. The first kappa shape index (κ1) is 12.7. The van der Waals surface area contributed by atoms with Crippen molar-refractivity contribution in [3.05, 3.63) is 41.6 Å². The third kappa shape index (κ3) is 3.38. The molecule has 0 aliphatic carbocycles. The number of aromatic nitrogens is 2. The van der Waals surface area contributed by atoms with E-state index in [-0.39, 0.29) is 11.5 Å². The summed E-state index contributed by atoms with van der Waals surface area (Å²) in [4.78, 5) is 11.6. The highest BCUT2D eigenvalue weighted by Crippen LogP contribution is 2.04. The van der Waals surface area contributed by atoms with Gasteiger partial charge in [-0.05, 0) is 22.8 Å². The van der Waals surface area contributed by atoms with Crippen molar-refractivity contribution in [3.63, 3.8) is 0 Å². The molecular formula is C12H13N5O2. The van der Waals surface area contributed by atoms with E-state index in [1.54, 1.807) is 0 Å². The average molecular weight is 259 g/mol. The van der Waals surface area contributed by atoms with Gasteiger partial charge in [-0.3, -0.25) is 4.79 Å². The summed E-state index contributed by atoms with van der Waals surface area (Å²) in [6, 6.07) is 9.81. The van der Waals surface area contributed by atoms with Crippen molar-refractivity contribution in [3.8, 4) is 0 Å². The Labute approximate surface area is 109 Å². The maximum absolute atomic E-state index is 11.6. The summed E-state index contributed by atoms with van der Waals surface area (Å²) >= 11 is 0. The molecule has 2 aromatic rings. The fourth-order valence-corrected chi connectivity index (χ4v) is 1.48. The Hall–Kier alpha value is -2.70. The first-order valence-corrected chi connectivity index (χ1v) is 5.62. The third-order valence-electron chi connectivity index (χ3n) is 2.38. The van der Waals surface area contributed by atoms with E-state index in [9.17, 15) is 4.79 Å². The molecule has 0 aliphatic heterocycles. The van der Waals surface area contributed by atoms with Crippen molar-refractivity contribution in [2.75, 3.05) is 5.73 Å². The van der Waals surface area contributed by atoms with Gasteiger partial charge in [0.15, 0.2) is 0 Å². The molecule has 7 nitrogen and oxygen atoms in total. The highest BCUT2D eigenvalue weighted by Gasteiger charge is 2.15. The first-order chi connectivity index (χ1) is 9.16. The van der Waals surface area contributed by atoms with Crippen LogP contribution < -0.4 is 11.2 Å². The van der Waals surface area contributed by atoms with Crippen LogP contribution in [0.2, 0.25) is 0 Å². The second kappa shape index (κ2) is 5.76. The van der Waals surface area contributed by atoms with Crippen molar-refractivity contribution in [1.29, 1.82) is 0 Å². The molecule has 0 aliphatic rings. The number of rotatable bonds is 4. The highest BCUT2D eigenvalue weighted by molar-refractivity contribution is 5.96. The Bertz CT molecular complexity index is 591. The van der Waals surface area contributed by atoms with Crippen molar-refractivity contribution in [2.45, 2.75) is 13.3 Å². The molecule has 2 rings (SSSR count). The molecule has 0 atom stereocenters. The topological polar surface area (TPSA) is 106 Å². The van der Waals surface area contributed by atoms with Crippen molar-refractivity contribution in [1.82, 2.24) is 15.7 Å². The number of anilines is 1. The lowest BCUT2D eigenvalue weighted by atomic mass is 10.1. The standard InChI is InChI=1S/C12H13N5O2/c1-8(7-9-5-3-2-4-6-9)14-15-12(18)10-11(13)17-19-16-10/h2-6H,7H2,1H3,(H2,13,17)(H,15,18)/b14-8+. The molecule has 7 heteroatoms. The van der Waals surface area contributed by atoms with E-state index in [0.29, 0.717) is 6.42 Å². The van der Waals surface area contributed by atoms with Crippen LogP contribution in [0.15, 0.2) is 40.1 Å². The fourth-order valence-electron chi connectivity index (χ4n) is 1.48. The highest BCUT2D eigenvalue weighted by atomic mass is 16.6. The molecule has 0 saturated carbocycles. The zero-order chi connectivity index (χ0) is 13.7. The summed E-state index contributed by atoms with van der Waals surface area (Å²) < 4.78 is 4.33. The number of carbonyl (C=O) groups is 1. The lowest BCUT2D eigenvalue weighted by Gasteiger charge is -2.01. The molecule has 0 fully saturated rings. The minimum absolute atomic E-state index is 0.0617. The molecule has 98 valence electrons. The van der Waals surface area contributed by atoms with Gasteiger partial charge in [0.25, 0.3) is 5.91 Å². The van der Waals surface area contributed by atoms with Gasteiger partial charge in [-0.1, -0.05) is 30.3 Å². The van der Waals surface area contributed by atoms with Crippen LogP contribution in [0.5, 0.6) is 0 Å². The first-order valence-electron chi connectivity index (χ1n) is 5.62. The monoisotopic (exact) mass is 259 g/mol. The normalized spacial score (nSPS) is 11.3. The number of hydrogen-bond acceptors (Lipinski definition) is 6. The number of hydrazone groups is 1. The van der Waals surface area contributed by atoms with Crippen molar-refractivity contribution < 1.29 is 9.42 Å². The number of carbonyl (C=O) groups excluding carboxylic acids is 1. The molecule has 1 aromatic carbocycles. The molecule has 3 N–H and O–H groups in total. The van der Waals surface area contributed by atoms with Crippen LogP contribution in [0.1, 0.15) is 23.0 Å². The number of nitrogens with two attached hydrogens (primary N) is 1. The molecule has 1 amide bonds. The fraction of sp³-hybridized carbons (Fsp3) is 0.167. The molecule has 19 heavy (non-hydrogen) atoms. The number of hydrogen-bond donors (Lipinski definition) is 2. The Kier molecular flexibility index (Phi) is 3.87. The minimum Gasteiger partial charge on any atom is -0.379 e. The zero-order valence-electron chi connectivity index (χ0n) is 10.3. The number of nitrogens with zero attached hydrogens (tertiary/aromatic N) is 3. The maximum Gasteiger partial charge on any atom is 0.297 e. The van der Waals surface area contributed by atoms with Gasteiger partial charge >= 0.3 is 0 Å². The summed E-state index contributed by atoms with van der Waals surface area (Å²) in [6.07, 6.45) is 0.646. The van der Waals surface area contributed by atoms with Gasteiger partial charge in [-0.2, -0.15) is 5.10 Å². The quantitative estimate of drug-likeness (QED) is 0.629. The molecule has 0 bridgehead atoms. The molecule has 1 heterocycles. The van der Waals surface area contributed by atoms with Crippen molar-refractivity contribution >= 4 is 17.4 Å². The van der Waals surface area contributed by atoms with Crippen LogP contribution in [0.25, 0.3) is 0 Å². The Morgan fingerprint density at radius 3 is 2.74 bits per heavy atom. The largest absolute Gasteiger partial charge is 0.379 e. The lowest BCUT2D eigenvalue weighted by molar-refractivity contribution is 0.0945. The number of nitrogens with one attached hydrogen (secondary N) is 1. The predicted octanol–water partition coefficient (Wildman–Crippen LogP) is 1.00. The van der Waals surface area contributed by atoms with Gasteiger partial charge in [0.2, 0.25) is 11.5 Å². The third-order valence-corrected chi connectivity index (χ3v) is 2.38. The summed E-state index contributed by atoms with van der Waals surface area (Å²) in [6.45, 7) is 1.82. The maximum atomic E-state index is 11.6.